The molecule has 126 valence electrons. The van der Waals surface area contributed by atoms with E-state index in [2.05, 4.69) is 10.2 Å². The number of fused-ring (bicyclic) bond motifs is 1. The number of para-hydroxylation sites is 1. The minimum absolute atomic E-state index is 0.0108. The second-order valence-electron chi connectivity index (χ2n) is 6.01. The van der Waals surface area contributed by atoms with E-state index >= 15 is 0 Å². The van der Waals surface area contributed by atoms with Crippen LogP contribution in [-0.4, -0.2) is 55.8 Å². The van der Waals surface area contributed by atoms with Crippen molar-refractivity contribution in [1.29, 1.82) is 0 Å². The number of rotatable bonds is 5. The highest BCUT2D eigenvalue weighted by Gasteiger charge is 2.32. The van der Waals surface area contributed by atoms with Gasteiger partial charge in [-0.3, -0.25) is 9.69 Å². The summed E-state index contributed by atoms with van der Waals surface area (Å²) >= 11 is 0. The third-order valence-corrected chi connectivity index (χ3v) is 4.45. The van der Waals surface area contributed by atoms with Crippen LogP contribution >= 0.6 is 0 Å². The van der Waals surface area contributed by atoms with Gasteiger partial charge in [0.15, 0.2) is 11.6 Å². The molecule has 2 aliphatic heterocycles. The maximum Gasteiger partial charge on any atom is 0.255 e. The summed E-state index contributed by atoms with van der Waals surface area (Å²) in [6.45, 7) is 5.16. The Kier molecular flexibility index (Phi) is 5.13. The number of amides is 1. The number of hydrogen-bond donors (Lipinski definition) is 1. The largest absolute Gasteiger partial charge is 0.490 e. The average molecular weight is 322 g/mol. The van der Waals surface area contributed by atoms with Crippen molar-refractivity contribution in [1.82, 2.24) is 10.2 Å². The summed E-state index contributed by atoms with van der Waals surface area (Å²) in [7, 11) is 0. The molecule has 5 nitrogen and oxygen atoms in total. The van der Waals surface area contributed by atoms with E-state index in [0.717, 1.165) is 19.7 Å². The molecule has 0 bridgehead atoms. The lowest BCUT2D eigenvalue weighted by Gasteiger charge is -2.35. The van der Waals surface area contributed by atoms with Crippen LogP contribution in [0.5, 0.6) is 5.75 Å². The van der Waals surface area contributed by atoms with Crippen molar-refractivity contribution in [2.45, 2.75) is 31.9 Å². The molecule has 2 heterocycles. The first-order valence-electron chi connectivity index (χ1n) is 8.24. The zero-order valence-electron chi connectivity index (χ0n) is 13.4. The average Bonchev–Trinajstić information content (AvgIpc) is 3.02. The molecule has 1 N–H and O–H groups in total. The van der Waals surface area contributed by atoms with E-state index in [9.17, 15) is 9.18 Å². The summed E-state index contributed by atoms with van der Waals surface area (Å²) in [6, 6.07) is 4.91. The molecule has 0 aromatic heterocycles. The highest BCUT2D eigenvalue weighted by atomic mass is 19.1. The summed E-state index contributed by atoms with van der Waals surface area (Å²) < 4.78 is 24.9. The maximum atomic E-state index is 13.8. The fraction of sp³-hybridized carbons (Fsp3) is 0.588. The molecule has 23 heavy (non-hydrogen) atoms. The number of carbonyl (C=O) groups is 1. The molecule has 1 aromatic carbocycles. The lowest BCUT2D eigenvalue weighted by atomic mass is 10.1. The number of nitrogens with zero attached hydrogens (tertiary/aromatic N) is 1. The number of halogens is 1. The number of hydrogen-bond acceptors (Lipinski definition) is 4. The molecule has 0 spiro atoms. The molecule has 2 atom stereocenters. The Bertz CT molecular complexity index is 567. The van der Waals surface area contributed by atoms with Gasteiger partial charge in [-0.1, -0.05) is 6.07 Å². The van der Waals surface area contributed by atoms with Crippen LogP contribution in [0.15, 0.2) is 18.2 Å². The molecule has 0 radical (unpaired) electrons. The molecular formula is C17H23FN2O3. The summed E-state index contributed by atoms with van der Waals surface area (Å²) in [4.78, 5) is 14.8. The van der Waals surface area contributed by atoms with Crippen LogP contribution < -0.4 is 10.1 Å². The van der Waals surface area contributed by atoms with Crippen molar-refractivity contribution in [3.63, 3.8) is 0 Å². The van der Waals surface area contributed by atoms with Gasteiger partial charge in [-0.25, -0.2) is 4.39 Å². The third kappa shape index (κ3) is 3.64. The molecule has 2 unspecified atom stereocenters. The first-order valence-corrected chi connectivity index (χ1v) is 8.24. The molecule has 2 saturated heterocycles. The van der Waals surface area contributed by atoms with Crippen molar-refractivity contribution in [2.75, 3.05) is 32.8 Å². The van der Waals surface area contributed by atoms with Crippen molar-refractivity contribution in [3.05, 3.63) is 29.6 Å². The number of nitrogens with one attached hydrogen (secondary N) is 1. The minimum Gasteiger partial charge on any atom is -0.490 e. The molecule has 1 aromatic rings. The monoisotopic (exact) mass is 322 g/mol. The van der Waals surface area contributed by atoms with E-state index in [1.54, 1.807) is 13.0 Å². The van der Waals surface area contributed by atoms with Crippen LogP contribution in [0.25, 0.3) is 0 Å². The summed E-state index contributed by atoms with van der Waals surface area (Å²) in [5.41, 5.74) is 0.224. The summed E-state index contributed by atoms with van der Waals surface area (Å²) in [5.74, 6) is -0.843. The topological polar surface area (TPSA) is 50.8 Å². The Hall–Kier alpha value is -1.66. The summed E-state index contributed by atoms with van der Waals surface area (Å²) in [5, 5.41) is 2.84. The zero-order valence-corrected chi connectivity index (χ0v) is 13.4. The van der Waals surface area contributed by atoms with Crippen LogP contribution in [0.4, 0.5) is 4.39 Å². The van der Waals surface area contributed by atoms with Gasteiger partial charge in [0, 0.05) is 19.1 Å². The molecule has 0 aliphatic carbocycles. The summed E-state index contributed by atoms with van der Waals surface area (Å²) in [6.07, 6.45) is 2.39. The first kappa shape index (κ1) is 16.2. The molecule has 2 fully saturated rings. The van der Waals surface area contributed by atoms with Crippen LogP contribution in [0.2, 0.25) is 0 Å². The van der Waals surface area contributed by atoms with Gasteiger partial charge in [-0.2, -0.15) is 0 Å². The highest BCUT2D eigenvalue weighted by molar-refractivity contribution is 5.97. The predicted molar refractivity (Wildman–Crippen MR) is 84.2 cm³/mol. The third-order valence-electron chi connectivity index (χ3n) is 4.45. The Balaban J connectivity index is 1.58. The number of ether oxygens (including phenoxy) is 2. The predicted octanol–water partition coefficient (Wildman–Crippen LogP) is 1.82. The number of morpholine rings is 1. The highest BCUT2D eigenvalue weighted by Crippen LogP contribution is 2.24. The van der Waals surface area contributed by atoms with Gasteiger partial charge < -0.3 is 14.8 Å². The first-order chi connectivity index (χ1) is 11.2. The zero-order chi connectivity index (χ0) is 16.2. The second-order valence-corrected chi connectivity index (χ2v) is 6.01. The Morgan fingerprint density at radius 1 is 1.52 bits per heavy atom. The van der Waals surface area contributed by atoms with E-state index in [4.69, 9.17) is 9.47 Å². The Morgan fingerprint density at radius 3 is 3.22 bits per heavy atom. The maximum absolute atomic E-state index is 13.8. The van der Waals surface area contributed by atoms with Crippen LogP contribution in [-0.2, 0) is 4.74 Å². The number of carbonyl (C=O) groups excluding carboxylic acids is 1. The lowest BCUT2D eigenvalue weighted by Crippen LogP contribution is -2.50. The normalized spacial score (nSPS) is 24.3. The van der Waals surface area contributed by atoms with Gasteiger partial charge in [-0.05, 0) is 38.4 Å². The van der Waals surface area contributed by atoms with Gasteiger partial charge in [-0.15, -0.1) is 0 Å². The SMILES string of the molecule is CCOc1c(F)cccc1C(=O)NCC1CN2CCCC2CO1. The quantitative estimate of drug-likeness (QED) is 0.898. The fourth-order valence-electron chi connectivity index (χ4n) is 3.29. The lowest BCUT2D eigenvalue weighted by molar-refractivity contribution is -0.0462. The second kappa shape index (κ2) is 7.27. The van der Waals surface area contributed by atoms with Gasteiger partial charge in [0.25, 0.3) is 5.91 Å². The Labute approximate surface area is 135 Å². The van der Waals surface area contributed by atoms with Crippen molar-refractivity contribution in [2.24, 2.45) is 0 Å². The van der Waals surface area contributed by atoms with Gasteiger partial charge in [0.1, 0.15) is 0 Å². The molecule has 6 heteroatoms. The molecule has 1 amide bonds. The van der Waals surface area contributed by atoms with Gasteiger partial charge in [0.05, 0.1) is 24.9 Å². The van der Waals surface area contributed by atoms with E-state index < -0.39 is 5.82 Å². The standard InChI is InChI=1S/C17H23FN2O3/c1-2-22-16-14(6-3-7-15(16)18)17(21)19-9-13-10-20-8-4-5-12(20)11-23-13/h3,6-7,12-13H,2,4-5,8-11H2,1H3,(H,19,21). The molecular weight excluding hydrogens is 299 g/mol. The molecule has 0 saturated carbocycles. The van der Waals surface area contributed by atoms with Crippen LogP contribution in [0, 0.1) is 5.82 Å². The number of benzene rings is 1. The van der Waals surface area contributed by atoms with E-state index in [1.165, 1.54) is 25.0 Å². The van der Waals surface area contributed by atoms with Crippen molar-refractivity contribution >= 4 is 5.91 Å². The van der Waals surface area contributed by atoms with E-state index in [-0.39, 0.29) is 23.3 Å². The molecule has 2 aliphatic rings. The van der Waals surface area contributed by atoms with E-state index in [1.807, 2.05) is 0 Å². The fourth-order valence-corrected chi connectivity index (χ4v) is 3.29. The van der Waals surface area contributed by atoms with Crippen LogP contribution in [0.3, 0.4) is 0 Å². The Morgan fingerprint density at radius 2 is 2.39 bits per heavy atom. The van der Waals surface area contributed by atoms with Crippen LogP contribution in [0.1, 0.15) is 30.1 Å². The van der Waals surface area contributed by atoms with Gasteiger partial charge >= 0.3 is 0 Å². The van der Waals surface area contributed by atoms with Gasteiger partial charge in [0.2, 0.25) is 0 Å². The van der Waals surface area contributed by atoms with Crippen molar-refractivity contribution in [3.8, 4) is 5.75 Å². The van der Waals surface area contributed by atoms with Crippen molar-refractivity contribution < 1.29 is 18.7 Å². The van der Waals surface area contributed by atoms with E-state index in [0.29, 0.717) is 19.2 Å². The molecule has 3 rings (SSSR count). The smallest absolute Gasteiger partial charge is 0.255 e. The minimum atomic E-state index is -0.520.